The first-order chi connectivity index (χ1) is 9.20. The van der Waals surface area contributed by atoms with Gasteiger partial charge in [0.15, 0.2) is 0 Å². The maximum Gasteiger partial charge on any atom is 0.343 e. The zero-order valence-electron chi connectivity index (χ0n) is 11.0. The minimum Gasteiger partial charge on any atom is -0.490 e. The molecule has 1 rings (SSSR count). The van der Waals surface area contributed by atoms with Crippen molar-refractivity contribution in [2.75, 3.05) is 40.6 Å². The molecule has 6 nitrogen and oxygen atoms in total. The van der Waals surface area contributed by atoms with Gasteiger partial charge in [0.2, 0.25) is 0 Å². The van der Waals surface area contributed by atoms with Crippen molar-refractivity contribution in [1.82, 2.24) is 0 Å². The minimum atomic E-state index is -1.10. The Morgan fingerprint density at radius 1 is 1.00 bits per heavy atom. The van der Waals surface area contributed by atoms with Gasteiger partial charge in [0, 0.05) is 14.2 Å². The van der Waals surface area contributed by atoms with Gasteiger partial charge in [0.1, 0.15) is 30.3 Å². The van der Waals surface area contributed by atoms with Crippen LogP contribution in [0.1, 0.15) is 10.4 Å². The fourth-order valence-electron chi connectivity index (χ4n) is 1.43. The average Bonchev–Trinajstić information content (AvgIpc) is 2.39. The van der Waals surface area contributed by atoms with Crippen LogP contribution in [-0.2, 0) is 9.47 Å². The first-order valence-electron chi connectivity index (χ1n) is 5.80. The van der Waals surface area contributed by atoms with Crippen LogP contribution in [0.5, 0.6) is 11.5 Å². The Labute approximate surface area is 111 Å². The van der Waals surface area contributed by atoms with Crippen molar-refractivity contribution < 1.29 is 28.8 Å². The van der Waals surface area contributed by atoms with E-state index in [1.165, 1.54) is 0 Å². The predicted molar refractivity (Wildman–Crippen MR) is 68.1 cm³/mol. The maximum atomic E-state index is 11.3. The molecule has 6 heteroatoms. The Kier molecular flexibility index (Phi) is 6.70. The summed E-state index contributed by atoms with van der Waals surface area (Å²) in [6, 6.07) is 4.85. The van der Waals surface area contributed by atoms with Crippen molar-refractivity contribution >= 4 is 5.97 Å². The number of aromatic carboxylic acids is 1. The summed E-state index contributed by atoms with van der Waals surface area (Å²) in [6.07, 6.45) is 0. The fourth-order valence-corrected chi connectivity index (χ4v) is 1.43. The summed E-state index contributed by atoms with van der Waals surface area (Å²) in [7, 11) is 3.09. The number of methoxy groups -OCH3 is 2. The molecule has 0 aliphatic carbocycles. The molecule has 19 heavy (non-hydrogen) atoms. The van der Waals surface area contributed by atoms with E-state index in [9.17, 15) is 9.90 Å². The molecule has 0 radical (unpaired) electrons. The van der Waals surface area contributed by atoms with Crippen molar-refractivity contribution in [2.24, 2.45) is 0 Å². The lowest BCUT2D eigenvalue weighted by Gasteiger charge is -2.13. The quantitative estimate of drug-likeness (QED) is 0.684. The number of hydrogen-bond donors (Lipinski definition) is 1. The van der Waals surface area contributed by atoms with Crippen molar-refractivity contribution in [2.45, 2.75) is 0 Å². The molecule has 0 aliphatic heterocycles. The highest BCUT2D eigenvalue weighted by atomic mass is 16.5. The number of ether oxygens (including phenoxy) is 4. The Balaban J connectivity index is 2.84. The summed E-state index contributed by atoms with van der Waals surface area (Å²) in [4.78, 5) is 11.3. The molecule has 0 spiro atoms. The third-order valence-corrected chi connectivity index (χ3v) is 2.29. The zero-order valence-corrected chi connectivity index (χ0v) is 11.0. The topological polar surface area (TPSA) is 74.2 Å². The standard InChI is InChI=1S/C13H18O6/c1-16-6-8-18-10-4-3-5-11(12(10)13(14)15)19-9-7-17-2/h3-5H,6-9H2,1-2H3,(H,14,15). The molecule has 0 heterocycles. The predicted octanol–water partition coefficient (Wildman–Crippen LogP) is 1.44. The molecule has 0 aliphatic rings. The van der Waals surface area contributed by atoms with Crippen molar-refractivity contribution in [1.29, 1.82) is 0 Å². The van der Waals surface area contributed by atoms with Gasteiger partial charge in [0.25, 0.3) is 0 Å². The second-order valence-corrected chi connectivity index (χ2v) is 3.62. The SMILES string of the molecule is COCCOc1cccc(OCCOC)c1C(=O)O. The summed E-state index contributed by atoms with van der Waals surface area (Å²) in [6.45, 7) is 1.32. The van der Waals surface area contributed by atoms with E-state index in [0.717, 1.165) is 0 Å². The summed E-state index contributed by atoms with van der Waals surface area (Å²) in [5.41, 5.74) is 0.00899. The second-order valence-electron chi connectivity index (χ2n) is 3.62. The number of rotatable bonds is 9. The molecule has 0 saturated carbocycles. The van der Waals surface area contributed by atoms with Gasteiger partial charge in [-0.15, -0.1) is 0 Å². The van der Waals surface area contributed by atoms with Gasteiger partial charge in [-0.3, -0.25) is 0 Å². The number of benzene rings is 1. The molecule has 0 amide bonds. The molecular formula is C13H18O6. The van der Waals surface area contributed by atoms with Crippen LogP contribution in [0.4, 0.5) is 0 Å². The monoisotopic (exact) mass is 270 g/mol. The van der Waals surface area contributed by atoms with Crippen LogP contribution in [0.3, 0.4) is 0 Å². The fraction of sp³-hybridized carbons (Fsp3) is 0.462. The maximum absolute atomic E-state index is 11.3. The average molecular weight is 270 g/mol. The van der Waals surface area contributed by atoms with E-state index in [1.807, 2.05) is 0 Å². The summed E-state index contributed by atoms with van der Waals surface area (Å²) >= 11 is 0. The van der Waals surface area contributed by atoms with Gasteiger partial charge in [-0.1, -0.05) is 6.07 Å². The molecule has 0 unspecified atom stereocenters. The van der Waals surface area contributed by atoms with Gasteiger partial charge < -0.3 is 24.1 Å². The van der Waals surface area contributed by atoms with Crippen LogP contribution in [0.25, 0.3) is 0 Å². The lowest BCUT2D eigenvalue weighted by Crippen LogP contribution is -2.11. The number of hydrogen-bond acceptors (Lipinski definition) is 5. The molecule has 0 bridgehead atoms. The van der Waals surface area contributed by atoms with E-state index in [2.05, 4.69) is 0 Å². The third-order valence-electron chi connectivity index (χ3n) is 2.29. The Bertz CT molecular complexity index is 376. The van der Waals surface area contributed by atoms with Crippen molar-refractivity contribution in [3.63, 3.8) is 0 Å². The molecule has 0 saturated heterocycles. The zero-order chi connectivity index (χ0) is 14.1. The van der Waals surface area contributed by atoms with Gasteiger partial charge in [-0.2, -0.15) is 0 Å². The number of carbonyl (C=O) groups is 1. The Morgan fingerprint density at radius 2 is 1.47 bits per heavy atom. The Morgan fingerprint density at radius 3 is 1.84 bits per heavy atom. The molecule has 106 valence electrons. The Hall–Kier alpha value is -1.79. The van der Waals surface area contributed by atoms with Crippen LogP contribution in [0.2, 0.25) is 0 Å². The minimum absolute atomic E-state index is 0.00899. The third kappa shape index (κ3) is 4.76. The van der Waals surface area contributed by atoms with Gasteiger partial charge >= 0.3 is 5.97 Å². The number of carboxylic acid groups (broad SMARTS) is 1. The highest BCUT2D eigenvalue weighted by molar-refractivity contribution is 5.94. The van der Waals surface area contributed by atoms with Crippen LogP contribution in [-0.4, -0.2) is 51.7 Å². The van der Waals surface area contributed by atoms with Gasteiger partial charge in [-0.25, -0.2) is 4.79 Å². The van der Waals surface area contributed by atoms with Crippen LogP contribution >= 0.6 is 0 Å². The smallest absolute Gasteiger partial charge is 0.343 e. The van der Waals surface area contributed by atoms with Crippen LogP contribution < -0.4 is 9.47 Å². The molecule has 1 aromatic rings. The van der Waals surface area contributed by atoms with Gasteiger partial charge in [-0.05, 0) is 12.1 Å². The summed E-state index contributed by atoms with van der Waals surface area (Å²) in [5.74, 6) is -0.570. The largest absolute Gasteiger partial charge is 0.490 e. The number of carboxylic acids is 1. The lowest BCUT2D eigenvalue weighted by atomic mass is 10.2. The second kappa shape index (κ2) is 8.34. The highest BCUT2D eigenvalue weighted by Crippen LogP contribution is 2.28. The molecule has 0 atom stereocenters. The first-order valence-corrected chi connectivity index (χ1v) is 5.80. The van der Waals surface area contributed by atoms with E-state index < -0.39 is 5.97 Å². The van der Waals surface area contributed by atoms with E-state index >= 15 is 0 Å². The van der Waals surface area contributed by atoms with Crippen molar-refractivity contribution in [3.05, 3.63) is 23.8 Å². The van der Waals surface area contributed by atoms with E-state index in [4.69, 9.17) is 18.9 Å². The van der Waals surface area contributed by atoms with E-state index in [0.29, 0.717) is 13.2 Å². The molecule has 1 N–H and O–H groups in total. The highest BCUT2D eigenvalue weighted by Gasteiger charge is 2.17. The van der Waals surface area contributed by atoms with Crippen molar-refractivity contribution in [3.8, 4) is 11.5 Å². The van der Waals surface area contributed by atoms with Gasteiger partial charge in [0.05, 0.1) is 13.2 Å². The molecule has 0 aromatic heterocycles. The summed E-state index contributed by atoms with van der Waals surface area (Å²) < 4.78 is 20.4. The lowest BCUT2D eigenvalue weighted by molar-refractivity contribution is 0.0681. The first kappa shape index (κ1) is 15.3. The molecule has 1 aromatic carbocycles. The van der Waals surface area contributed by atoms with Crippen LogP contribution in [0.15, 0.2) is 18.2 Å². The van der Waals surface area contributed by atoms with Crippen LogP contribution in [0, 0.1) is 0 Å². The summed E-state index contributed by atoms with van der Waals surface area (Å²) in [5, 5.41) is 9.24. The normalized spacial score (nSPS) is 10.2. The molecular weight excluding hydrogens is 252 g/mol. The van der Waals surface area contributed by atoms with E-state index in [1.54, 1.807) is 32.4 Å². The van der Waals surface area contributed by atoms with E-state index in [-0.39, 0.29) is 30.3 Å². The molecule has 0 fully saturated rings.